The molecule has 0 bridgehead atoms. The average Bonchev–Trinajstić information content (AvgIpc) is 2.46. The summed E-state index contributed by atoms with van der Waals surface area (Å²) in [5.74, 6) is 0.926. The number of ether oxygens (including phenoxy) is 1. The second-order valence-corrected chi connectivity index (χ2v) is 5.96. The summed E-state index contributed by atoms with van der Waals surface area (Å²) < 4.78 is 5.55. The van der Waals surface area contributed by atoms with Crippen LogP contribution in [0.1, 0.15) is 59.3 Å². The monoisotopic (exact) mass is 270 g/mol. The second-order valence-electron chi connectivity index (χ2n) is 5.96. The Morgan fingerprint density at radius 2 is 1.84 bits per heavy atom. The summed E-state index contributed by atoms with van der Waals surface area (Å²) in [4.78, 5) is 2.62. The molecule has 0 saturated heterocycles. The molecule has 19 heavy (non-hydrogen) atoms. The first-order valence-electron chi connectivity index (χ1n) is 8.25. The minimum absolute atomic E-state index is 0.249. The topological polar surface area (TPSA) is 38.5 Å². The number of nitrogens with two attached hydrogens (primary N) is 1. The summed E-state index contributed by atoms with van der Waals surface area (Å²) in [6.45, 7) is 11.3. The van der Waals surface area contributed by atoms with E-state index in [1.807, 2.05) is 0 Å². The minimum Gasteiger partial charge on any atom is -0.380 e. The van der Waals surface area contributed by atoms with Crippen LogP contribution >= 0.6 is 0 Å². The molecule has 0 heterocycles. The van der Waals surface area contributed by atoms with Gasteiger partial charge in [-0.05, 0) is 51.5 Å². The van der Waals surface area contributed by atoms with Crippen molar-refractivity contribution < 1.29 is 4.74 Å². The molecule has 0 atom stereocenters. The molecule has 0 aromatic rings. The zero-order valence-corrected chi connectivity index (χ0v) is 13.3. The molecule has 0 amide bonds. The van der Waals surface area contributed by atoms with Crippen molar-refractivity contribution in [2.75, 3.05) is 32.8 Å². The Morgan fingerprint density at radius 1 is 1.16 bits per heavy atom. The van der Waals surface area contributed by atoms with Gasteiger partial charge in [-0.2, -0.15) is 0 Å². The zero-order chi connectivity index (χ0) is 14.1. The maximum atomic E-state index is 6.18. The molecule has 1 aliphatic rings. The van der Waals surface area contributed by atoms with Crippen LogP contribution in [-0.2, 0) is 4.74 Å². The van der Waals surface area contributed by atoms with Crippen LogP contribution in [0.15, 0.2) is 0 Å². The molecule has 0 unspecified atom stereocenters. The van der Waals surface area contributed by atoms with Crippen LogP contribution in [-0.4, -0.2) is 43.3 Å². The summed E-state index contributed by atoms with van der Waals surface area (Å²) in [5, 5.41) is 0. The first-order valence-corrected chi connectivity index (χ1v) is 8.25. The SMILES string of the molecule is CCCN(CCOCC)C1(CN)CCC(CC)CC1. The molecular weight excluding hydrogens is 236 g/mol. The lowest BCUT2D eigenvalue weighted by Gasteiger charge is -2.47. The van der Waals surface area contributed by atoms with Gasteiger partial charge < -0.3 is 10.5 Å². The lowest BCUT2D eigenvalue weighted by Crippen LogP contribution is -2.56. The molecule has 114 valence electrons. The quantitative estimate of drug-likeness (QED) is 0.655. The summed E-state index contributed by atoms with van der Waals surface area (Å²) in [7, 11) is 0. The van der Waals surface area contributed by atoms with Gasteiger partial charge in [0, 0.05) is 25.2 Å². The molecule has 1 saturated carbocycles. The first kappa shape index (κ1) is 16.9. The van der Waals surface area contributed by atoms with Crippen LogP contribution in [0.25, 0.3) is 0 Å². The van der Waals surface area contributed by atoms with E-state index in [2.05, 4.69) is 25.7 Å². The summed E-state index contributed by atoms with van der Waals surface area (Å²) in [6.07, 6.45) is 7.77. The predicted octanol–water partition coefficient (Wildman–Crippen LogP) is 3.03. The molecule has 1 rings (SSSR count). The maximum Gasteiger partial charge on any atom is 0.0593 e. The lowest BCUT2D eigenvalue weighted by atomic mass is 9.74. The van der Waals surface area contributed by atoms with E-state index in [0.717, 1.165) is 38.8 Å². The predicted molar refractivity (Wildman–Crippen MR) is 82.4 cm³/mol. The fourth-order valence-electron chi connectivity index (χ4n) is 3.45. The molecule has 0 spiro atoms. The van der Waals surface area contributed by atoms with Crippen LogP contribution in [0.2, 0.25) is 0 Å². The van der Waals surface area contributed by atoms with Gasteiger partial charge in [0.25, 0.3) is 0 Å². The molecule has 0 aliphatic heterocycles. The van der Waals surface area contributed by atoms with Crippen molar-refractivity contribution in [3.8, 4) is 0 Å². The van der Waals surface area contributed by atoms with Gasteiger partial charge in [-0.3, -0.25) is 4.90 Å². The molecule has 1 fully saturated rings. The molecule has 0 aromatic carbocycles. The van der Waals surface area contributed by atoms with Crippen LogP contribution in [0.4, 0.5) is 0 Å². The highest BCUT2D eigenvalue weighted by molar-refractivity contribution is 4.95. The fraction of sp³-hybridized carbons (Fsp3) is 1.00. The third kappa shape index (κ3) is 4.73. The highest BCUT2D eigenvalue weighted by Crippen LogP contribution is 2.37. The molecular formula is C16H34N2O. The second kappa shape index (κ2) is 8.93. The number of hydrogen-bond donors (Lipinski definition) is 1. The summed E-state index contributed by atoms with van der Waals surface area (Å²) in [6, 6.07) is 0. The van der Waals surface area contributed by atoms with Crippen molar-refractivity contribution in [1.82, 2.24) is 4.90 Å². The highest BCUT2D eigenvalue weighted by atomic mass is 16.5. The molecule has 2 N–H and O–H groups in total. The Hall–Kier alpha value is -0.120. The Kier molecular flexibility index (Phi) is 7.96. The Bertz CT molecular complexity index is 225. The number of nitrogens with zero attached hydrogens (tertiary/aromatic N) is 1. The van der Waals surface area contributed by atoms with E-state index in [9.17, 15) is 0 Å². The van der Waals surface area contributed by atoms with Gasteiger partial charge in [0.05, 0.1) is 6.61 Å². The largest absolute Gasteiger partial charge is 0.380 e. The van der Waals surface area contributed by atoms with E-state index < -0.39 is 0 Å². The van der Waals surface area contributed by atoms with Crippen LogP contribution in [0.3, 0.4) is 0 Å². The fourth-order valence-corrected chi connectivity index (χ4v) is 3.45. The van der Waals surface area contributed by atoms with Gasteiger partial charge in [0.1, 0.15) is 0 Å². The minimum atomic E-state index is 0.249. The third-order valence-electron chi connectivity index (χ3n) is 4.87. The van der Waals surface area contributed by atoms with Crippen molar-refractivity contribution in [3.05, 3.63) is 0 Å². The third-order valence-corrected chi connectivity index (χ3v) is 4.87. The van der Waals surface area contributed by atoms with Gasteiger partial charge in [0.2, 0.25) is 0 Å². The van der Waals surface area contributed by atoms with Crippen molar-refractivity contribution in [2.45, 2.75) is 64.8 Å². The van der Waals surface area contributed by atoms with Gasteiger partial charge in [-0.15, -0.1) is 0 Å². The van der Waals surface area contributed by atoms with E-state index in [1.54, 1.807) is 0 Å². The summed E-state index contributed by atoms with van der Waals surface area (Å²) >= 11 is 0. The van der Waals surface area contributed by atoms with Crippen molar-refractivity contribution in [1.29, 1.82) is 0 Å². The molecule has 0 aromatic heterocycles. The smallest absolute Gasteiger partial charge is 0.0593 e. The zero-order valence-electron chi connectivity index (χ0n) is 13.3. The molecule has 3 heteroatoms. The van der Waals surface area contributed by atoms with Crippen LogP contribution < -0.4 is 5.73 Å². The van der Waals surface area contributed by atoms with E-state index in [4.69, 9.17) is 10.5 Å². The van der Waals surface area contributed by atoms with E-state index >= 15 is 0 Å². The Labute approximate surface area is 119 Å². The van der Waals surface area contributed by atoms with Gasteiger partial charge in [-0.25, -0.2) is 0 Å². The molecule has 0 radical (unpaired) electrons. The van der Waals surface area contributed by atoms with E-state index in [-0.39, 0.29) is 5.54 Å². The molecule has 3 nitrogen and oxygen atoms in total. The van der Waals surface area contributed by atoms with Gasteiger partial charge in [0.15, 0.2) is 0 Å². The van der Waals surface area contributed by atoms with Crippen molar-refractivity contribution >= 4 is 0 Å². The maximum absolute atomic E-state index is 6.18. The van der Waals surface area contributed by atoms with Crippen molar-refractivity contribution in [2.24, 2.45) is 11.7 Å². The standard InChI is InChI=1S/C16H34N2O/c1-4-11-18(12-13-19-6-3)16(14-17)9-7-15(5-2)8-10-16/h15H,4-14,17H2,1-3H3. The van der Waals surface area contributed by atoms with Crippen molar-refractivity contribution in [3.63, 3.8) is 0 Å². The Morgan fingerprint density at radius 3 is 2.32 bits per heavy atom. The van der Waals surface area contributed by atoms with Gasteiger partial charge >= 0.3 is 0 Å². The first-order chi connectivity index (χ1) is 9.22. The average molecular weight is 270 g/mol. The summed E-state index contributed by atoms with van der Waals surface area (Å²) in [5.41, 5.74) is 6.43. The number of rotatable bonds is 9. The Balaban J connectivity index is 2.61. The van der Waals surface area contributed by atoms with Crippen LogP contribution in [0, 0.1) is 5.92 Å². The lowest BCUT2D eigenvalue weighted by molar-refractivity contribution is 0.0156. The molecule has 1 aliphatic carbocycles. The van der Waals surface area contributed by atoms with Crippen LogP contribution in [0.5, 0.6) is 0 Å². The van der Waals surface area contributed by atoms with E-state index in [0.29, 0.717) is 0 Å². The normalized spacial score (nSPS) is 27.9. The van der Waals surface area contributed by atoms with E-state index in [1.165, 1.54) is 38.5 Å². The number of hydrogen-bond acceptors (Lipinski definition) is 3. The van der Waals surface area contributed by atoms with Gasteiger partial charge in [-0.1, -0.05) is 20.3 Å². The highest BCUT2D eigenvalue weighted by Gasteiger charge is 2.38.